The van der Waals surface area contributed by atoms with Gasteiger partial charge in [-0.15, -0.1) is 0 Å². The second-order valence-corrected chi connectivity index (χ2v) is 5.95. The maximum Gasteiger partial charge on any atom is 0.320 e. The van der Waals surface area contributed by atoms with Gasteiger partial charge in [0.15, 0.2) is 0 Å². The van der Waals surface area contributed by atoms with Crippen molar-refractivity contribution in [3.05, 3.63) is 59.8 Å². The number of pyridine rings is 1. The van der Waals surface area contributed by atoms with E-state index < -0.39 is 0 Å². The standard InChI is InChI=1S/C18H21N3O/c1-13-9-10-19-17(11-13)21-18(22)20-16(15-7-8-15)12-14-5-3-2-4-6-14/h2-6,9-11,15-16H,7-8,12H2,1H3,(H2,19,20,21,22)/t16-/m0/s1. The fourth-order valence-electron chi connectivity index (χ4n) is 2.63. The number of carbonyl (C=O) groups excluding carboxylic acids is 1. The molecule has 2 amide bonds. The molecule has 1 aromatic heterocycles. The number of aromatic nitrogens is 1. The normalized spacial score (nSPS) is 15.1. The van der Waals surface area contributed by atoms with Gasteiger partial charge in [-0.05, 0) is 55.4 Å². The predicted octanol–water partition coefficient (Wildman–Crippen LogP) is 3.53. The van der Waals surface area contributed by atoms with Crippen molar-refractivity contribution in [3.8, 4) is 0 Å². The zero-order chi connectivity index (χ0) is 15.4. The molecule has 1 atom stereocenters. The smallest absolute Gasteiger partial charge is 0.320 e. The van der Waals surface area contributed by atoms with E-state index in [0.717, 1.165) is 12.0 Å². The molecule has 3 rings (SSSR count). The number of benzene rings is 1. The molecular formula is C18H21N3O. The largest absolute Gasteiger partial charge is 0.334 e. The molecule has 1 aliphatic carbocycles. The monoisotopic (exact) mass is 295 g/mol. The predicted molar refractivity (Wildman–Crippen MR) is 87.8 cm³/mol. The zero-order valence-corrected chi connectivity index (χ0v) is 12.8. The number of carbonyl (C=O) groups is 1. The summed E-state index contributed by atoms with van der Waals surface area (Å²) in [6, 6.07) is 14.1. The van der Waals surface area contributed by atoms with Crippen LogP contribution in [0.25, 0.3) is 0 Å². The number of amides is 2. The maximum absolute atomic E-state index is 12.2. The van der Waals surface area contributed by atoms with Gasteiger partial charge in [-0.25, -0.2) is 9.78 Å². The highest BCUT2D eigenvalue weighted by molar-refractivity contribution is 5.88. The fraction of sp³-hybridized carbons (Fsp3) is 0.333. The lowest BCUT2D eigenvalue weighted by Gasteiger charge is -2.18. The number of rotatable bonds is 5. The Bertz CT molecular complexity index is 638. The number of nitrogens with one attached hydrogen (secondary N) is 2. The van der Waals surface area contributed by atoms with Crippen LogP contribution in [0.5, 0.6) is 0 Å². The van der Waals surface area contributed by atoms with Gasteiger partial charge in [0.2, 0.25) is 0 Å². The van der Waals surface area contributed by atoms with Crippen molar-refractivity contribution in [2.75, 3.05) is 5.32 Å². The number of hydrogen-bond acceptors (Lipinski definition) is 2. The molecule has 0 unspecified atom stereocenters. The van der Waals surface area contributed by atoms with Crippen molar-refractivity contribution in [2.45, 2.75) is 32.2 Å². The van der Waals surface area contributed by atoms with E-state index in [9.17, 15) is 4.79 Å². The molecule has 0 saturated heterocycles. The Labute approximate surface area is 131 Å². The lowest BCUT2D eigenvalue weighted by molar-refractivity contribution is 0.246. The van der Waals surface area contributed by atoms with Crippen LogP contribution in [0.15, 0.2) is 48.7 Å². The number of urea groups is 1. The van der Waals surface area contributed by atoms with Gasteiger partial charge in [0, 0.05) is 12.2 Å². The first kappa shape index (κ1) is 14.6. The van der Waals surface area contributed by atoms with E-state index >= 15 is 0 Å². The van der Waals surface area contributed by atoms with Crippen LogP contribution in [0.2, 0.25) is 0 Å². The second kappa shape index (κ2) is 6.60. The van der Waals surface area contributed by atoms with Gasteiger partial charge in [-0.3, -0.25) is 5.32 Å². The first-order valence-corrected chi connectivity index (χ1v) is 7.75. The molecule has 1 saturated carbocycles. The quantitative estimate of drug-likeness (QED) is 0.886. The topological polar surface area (TPSA) is 54.0 Å². The van der Waals surface area contributed by atoms with E-state index in [1.807, 2.05) is 37.3 Å². The molecule has 0 bridgehead atoms. The summed E-state index contributed by atoms with van der Waals surface area (Å²) in [5, 5.41) is 5.93. The van der Waals surface area contributed by atoms with Crippen LogP contribution >= 0.6 is 0 Å². The highest BCUT2D eigenvalue weighted by atomic mass is 16.2. The Hall–Kier alpha value is -2.36. The third-order valence-electron chi connectivity index (χ3n) is 3.96. The molecule has 2 N–H and O–H groups in total. The first-order valence-electron chi connectivity index (χ1n) is 7.75. The Morgan fingerprint density at radius 1 is 1.27 bits per heavy atom. The average molecular weight is 295 g/mol. The molecule has 1 aliphatic rings. The number of anilines is 1. The van der Waals surface area contributed by atoms with Crippen molar-refractivity contribution < 1.29 is 4.79 Å². The Morgan fingerprint density at radius 2 is 2.05 bits per heavy atom. The van der Waals surface area contributed by atoms with E-state index in [1.54, 1.807) is 6.20 Å². The van der Waals surface area contributed by atoms with E-state index in [1.165, 1.54) is 18.4 Å². The minimum absolute atomic E-state index is 0.175. The van der Waals surface area contributed by atoms with Gasteiger partial charge >= 0.3 is 6.03 Å². The minimum Gasteiger partial charge on any atom is -0.334 e. The van der Waals surface area contributed by atoms with Crippen molar-refractivity contribution >= 4 is 11.8 Å². The van der Waals surface area contributed by atoms with Gasteiger partial charge in [-0.1, -0.05) is 30.3 Å². The van der Waals surface area contributed by atoms with Gasteiger partial charge < -0.3 is 5.32 Å². The molecule has 0 aliphatic heterocycles. The van der Waals surface area contributed by atoms with E-state index in [4.69, 9.17) is 0 Å². The molecular weight excluding hydrogens is 274 g/mol. The van der Waals surface area contributed by atoms with Gasteiger partial charge in [0.05, 0.1) is 0 Å². The summed E-state index contributed by atoms with van der Waals surface area (Å²) in [6.07, 6.45) is 4.97. The van der Waals surface area contributed by atoms with Crippen LogP contribution in [0.3, 0.4) is 0 Å². The van der Waals surface area contributed by atoms with E-state index in [0.29, 0.717) is 11.7 Å². The molecule has 1 fully saturated rings. The molecule has 4 nitrogen and oxygen atoms in total. The van der Waals surface area contributed by atoms with Crippen LogP contribution in [-0.4, -0.2) is 17.1 Å². The van der Waals surface area contributed by atoms with E-state index in [2.05, 4.69) is 27.8 Å². The van der Waals surface area contributed by atoms with Gasteiger partial charge in [0.1, 0.15) is 5.82 Å². The van der Waals surface area contributed by atoms with Gasteiger partial charge in [0.25, 0.3) is 0 Å². The SMILES string of the molecule is Cc1ccnc(NC(=O)N[C@@H](Cc2ccccc2)C2CC2)c1. The zero-order valence-electron chi connectivity index (χ0n) is 12.8. The third-order valence-corrected chi connectivity index (χ3v) is 3.96. The number of nitrogens with zero attached hydrogens (tertiary/aromatic N) is 1. The van der Waals surface area contributed by atoms with Crippen molar-refractivity contribution in [1.82, 2.24) is 10.3 Å². The van der Waals surface area contributed by atoms with Crippen molar-refractivity contribution in [2.24, 2.45) is 5.92 Å². The molecule has 1 heterocycles. The number of hydrogen-bond donors (Lipinski definition) is 2. The molecule has 2 aromatic rings. The molecule has 4 heteroatoms. The highest BCUT2D eigenvalue weighted by Crippen LogP contribution is 2.34. The van der Waals surface area contributed by atoms with Crippen LogP contribution in [0, 0.1) is 12.8 Å². The Balaban J connectivity index is 1.60. The average Bonchev–Trinajstić information content (AvgIpc) is 3.32. The van der Waals surface area contributed by atoms with E-state index in [-0.39, 0.29) is 12.1 Å². The van der Waals surface area contributed by atoms with Crippen molar-refractivity contribution in [3.63, 3.8) is 0 Å². The molecule has 0 radical (unpaired) electrons. The summed E-state index contributed by atoms with van der Waals surface area (Å²) < 4.78 is 0. The summed E-state index contributed by atoms with van der Waals surface area (Å²) in [4.78, 5) is 16.4. The third kappa shape index (κ3) is 4.07. The summed E-state index contributed by atoms with van der Waals surface area (Å²) in [5.41, 5.74) is 2.33. The highest BCUT2D eigenvalue weighted by Gasteiger charge is 2.32. The van der Waals surface area contributed by atoms with Crippen LogP contribution in [0.4, 0.5) is 10.6 Å². The summed E-state index contributed by atoms with van der Waals surface area (Å²) in [5.74, 6) is 1.18. The van der Waals surface area contributed by atoms with Crippen LogP contribution in [-0.2, 0) is 6.42 Å². The van der Waals surface area contributed by atoms with Crippen molar-refractivity contribution in [1.29, 1.82) is 0 Å². The maximum atomic E-state index is 12.2. The lowest BCUT2D eigenvalue weighted by Crippen LogP contribution is -2.40. The Kier molecular flexibility index (Phi) is 4.37. The Morgan fingerprint density at radius 3 is 2.73 bits per heavy atom. The lowest BCUT2D eigenvalue weighted by atomic mass is 10.0. The fourth-order valence-corrected chi connectivity index (χ4v) is 2.63. The molecule has 114 valence electrons. The molecule has 22 heavy (non-hydrogen) atoms. The summed E-state index contributed by atoms with van der Waals surface area (Å²) >= 11 is 0. The van der Waals surface area contributed by atoms with Crippen LogP contribution in [0.1, 0.15) is 24.0 Å². The first-order chi connectivity index (χ1) is 10.7. The number of aryl methyl sites for hydroxylation is 1. The summed E-state index contributed by atoms with van der Waals surface area (Å²) in [7, 11) is 0. The van der Waals surface area contributed by atoms with Crippen LogP contribution < -0.4 is 10.6 Å². The summed E-state index contributed by atoms with van der Waals surface area (Å²) in [6.45, 7) is 1.98. The molecule has 0 spiro atoms. The van der Waals surface area contributed by atoms with Gasteiger partial charge in [-0.2, -0.15) is 0 Å². The second-order valence-electron chi connectivity index (χ2n) is 5.95. The molecule has 1 aromatic carbocycles. The minimum atomic E-state index is -0.175.